The summed E-state index contributed by atoms with van der Waals surface area (Å²) in [7, 11) is 0. The number of aliphatic hydroxyl groups is 12. The maximum Gasteiger partial charge on any atom is 0.239 e. The molecule has 19 atom stereocenters. The second-order valence-corrected chi connectivity index (χ2v) is 15.4. The lowest BCUT2D eigenvalue weighted by molar-refractivity contribution is -0.352. The van der Waals surface area contributed by atoms with Crippen LogP contribution >= 0.6 is 0 Å². The Morgan fingerprint density at radius 3 is 2.02 bits per heavy atom. The van der Waals surface area contributed by atoms with Crippen molar-refractivity contribution in [1.82, 2.24) is 0 Å². The van der Waals surface area contributed by atoms with Crippen LogP contribution in [0.25, 0.3) is 22.3 Å². The number of ether oxygens (including phenoxy) is 8. The van der Waals surface area contributed by atoms with Crippen LogP contribution in [0.3, 0.4) is 0 Å². The molecule has 0 aliphatic carbocycles. The first kappa shape index (κ1) is 46.9. The van der Waals surface area contributed by atoms with Gasteiger partial charge in [0.1, 0.15) is 102 Å². The molecule has 7 rings (SSSR count). The van der Waals surface area contributed by atoms with Crippen molar-refractivity contribution in [3.05, 3.63) is 40.6 Å². The fraction of sp³-hybridized carbons (Fsp3) is 0.605. The second-order valence-electron chi connectivity index (χ2n) is 15.4. The molecule has 0 spiro atoms. The van der Waals surface area contributed by atoms with E-state index in [4.69, 9.17) is 42.3 Å². The van der Waals surface area contributed by atoms with Gasteiger partial charge in [0.2, 0.25) is 23.8 Å². The molecule has 15 N–H and O–H groups in total. The summed E-state index contributed by atoms with van der Waals surface area (Å²) in [5.74, 6) is -3.97. The van der Waals surface area contributed by atoms with Gasteiger partial charge in [-0.15, -0.1) is 0 Å². The van der Waals surface area contributed by atoms with Crippen LogP contribution in [0.1, 0.15) is 6.92 Å². The molecule has 4 fully saturated rings. The number of aromatic hydroxyl groups is 3. The Morgan fingerprint density at radius 1 is 0.651 bits per heavy atom. The van der Waals surface area contributed by atoms with Crippen molar-refractivity contribution in [2.75, 3.05) is 19.8 Å². The highest BCUT2D eigenvalue weighted by molar-refractivity contribution is 5.88. The molecule has 3 aromatic rings. The van der Waals surface area contributed by atoms with Crippen LogP contribution < -0.4 is 14.9 Å². The number of phenols is 3. The minimum atomic E-state index is -2.12. The van der Waals surface area contributed by atoms with E-state index in [0.29, 0.717) is 0 Å². The van der Waals surface area contributed by atoms with E-state index < -0.39 is 187 Å². The molecule has 63 heavy (non-hydrogen) atoms. The first-order chi connectivity index (χ1) is 29.8. The Labute approximate surface area is 353 Å². The smallest absolute Gasteiger partial charge is 0.239 e. The normalized spacial score (nSPS) is 39.9. The Kier molecular flexibility index (Phi) is 14.0. The maximum atomic E-state index is 14.4. The molecule has 0 amide bonds. The summed E-state index contributed by atoms with van der Waals surface area (Å²) in [6.45, 7) is -0.785. The molecule has 5 heterocycles. The topological polar surface area (TPSA) is 408 Å². The van der Waals surface area contributed by atoms with Gasteiger partial charge in [-0.2, -0.15) is 0 Å². The monoisotopic (exact) mass is 904 g/mol. The van der Waals surface area contributed by atoms with E-state index in [9.17, 15) is 81.4 Å². The van der Waals surface area contributed by atoms with Gasteiger partial charge in [-0.25, -0.2) is 0 Å². The van der Waals surface area contributed by atoms with Gasteiger partial charge in [0, 0.05) is 17.7 Å². The summed E-state index contributed by atoms with van der Waals surface area (Å²) in [4.78, 5) is 14.4. The summed E-state index contributed by atoms with van der Waals surface area (Å²) in [5.41, 5.74) is -1.83. The first-order valence-electron chi connectivity index (χ1n) is 19.4. The molecule has 25 heteroatoms. The average Bonchev–Trinajstić information content (AvgIpc) is 3.25. The predicted molar refractivity (Wildman–Crippen MR) is 200 cm³/mol. The summed E-state index contributed by atoms with van der Waals surface area (Å²) in [6, 6.07) is 4.93. The van der Waals surface area contributed by atoms with Crippen LogP contribution in [-0.4, -0.2) is 213 Å². The van der Waals surface area contributed by atoms with Crippen LogP contribution in [0.15, 0.2) is 39.5 Å². The number of hydrogen-bond acceptors (Lipinski definition) is 25. The zero-order chi connectivity index (χ0) is 45.8. The minimum absolute atomic E-state index is 0.209. The average molecular weight is 905 g/mol. The summed E-state index contributed by atoms with van der Waals surface area (Å²) >= 11 is 0. The predicted octanol–water partition coefficient (Wildman–Crippen LogP) is -5.75. The molecule has 0 radical (unpaired) electrons. The molecule has 1 aromatic heterocycles. The first-order valence-corrected chi connectivity index (χ1v) is 19.4. The zero-order valence-electron chi connectivity index (χ0n) is 32.8. The Hall–Kier alpha value is -4.07. The second kappa shape index (κ2) is 18.8. The molecule has 0 unspecified atom stereocenters. The van der Waals surface area contributed by atoms with E-state index in [2.05, 4.69) is 0 Å². The highest BCUT2D eigenvalue weighted by atomic mass is 16.8. The third-order valence-corrected chi connectivity index (χ3v) is 11.1. The number of phenolic OH excluding ortho intramolecular Hbond substituents is 3. The standard InChI is InChI=1S/C38H48O25/c1-10-21(44)26(49)30(53)35(57-10)56-9-19-24(47)28(51)34(63-36-29(52)22(45)15(43)8-55-36)38(61-19)62-33-25(48)20-14(42)5-12(40)6-17(20)58-32(33)11-2-3-13(41)16(4-11)59-37-31(54)27(50)23(46)18(7-39)60-37/h2-6,10,15,18-19,21-24,26-31,34-47,49-54H,7-9H2,1H3/t10-,15+,18+,19+,21-,22-,23+,24+,26-,27-,28-,29+,30+,31+,34+,35-,36-,37+,38-/m1/s1. The van der Waals surface area contributed by atoms with Gasteiger partial charge in [-0.05, 0) is 25.1 Å². The Balaban J connectivity index is 1.28. The van der Waals surface area contributed by atoms with E-state index in [0.717, 1.165) is 30.3 Å². The van der Waals surface area contributed by atoms with Crippen molar-refractivity contribution >= 4 is 11.0 Å². The Bertz CT molecular complexity index is 2120. The fourth-order valence-corrected chi connectivity index (χ4v) is 7.40. The van der Waals surface area contributed by atoms with Gasteiger partial charge in [0.15, 0.2) is 35.9 Å². The summed E-state index contributed by atoms with van der Waals surface area (Å²) in [5, 5.41) is 157. The third kappa shape index (κ3) is 9.12. The molecule has 0 bridgehead atoms. The molecule has 2 aromatic carbocycles. The van der Waals surface area contributed by atoms with Gasteiger partial charge in [0.25, 0.3) is 0 Å². The van der Waals surface area contributed by atoms with Crippen molar-refractivity contribution in [2.24, 2.45) is 0 Å². The molecule has 25 nitrogen and oxygen atoms in total. The van der Waals surface area contributed by atoms with Crippen molar-refractivity contribution in [3.63, 3.8) is 0 Å². The van der Waals surface area contributed by atoms with E-state index in [1.165, 1.54) is 6.92 Å². The van der Waals surface area contributed by atoms with E-state index in [1.54, 1.807) is 0 Å². The lowest BCUT2D eigenvalue weighted by Gasteiger charge is -2.45. The number of benzene rings is 2. The molecule has 4 saturated heterocycles. The summed E-state index contributed by atoms with van der Waals surface area (Å²) < 4.78 is 51.2. The van der Waals surface area contributed by atoms with Crippen molar-refractivity contribution < 1.29 is 119 Å². The quantitative estimate of drug-likeness (QED) is 0.0852. The molecule has 4 aliphatic rings. The van der Waals surface area contributed by atoms with Gasteiger partial charge >= 0.3 is 0 Å². The van der Waals surface area contributed by atoms with Crippen LogP contribution in [0.2, 0.25) is 0 Å². The van der Waals surface area contributed by atoms with Crippen molar-refractivity contribution in [2.45, 2.75) is 124 Å². The van der Waals surface area contributed by atoms with Gasteiger partial charge in [-0.3, -0.25) is 4.79 Å². The van der Waals surface area contributed by atoms with Crippen LogP contribution in [0, 0.1) is 0 Å². The van der Waals surface area contributed by atoms with Crippen LogP contribution in [0.5, 0.6) is 28.7 Å². The third-order valence-electron chi connectivity index (χ3n) is 11.1. The summed E-state index contributed by atoms with van der Waals surface area (Å²) in [6.07, 6.45) is -33.6. The molecular formula is C38H48O25. The molecule has 0 saturated carbocycles. The highest BCUT2D eigenvalue weighted by Gasteiger charge is 2.52. The van der Waals surface area contributed by atoms with E-state index in [1.807, 2.05) is 0 Å². The van der Waals surface area contributed by atoms with E-state index >= 15 is 0 Å². The van der Waals surface area contributed by atoms with Crippen molar-refractivity contribution in [3.8, 4) is 40.1 Å². The largest absolute Gasteiger partial charge is 0.508 e. The lowest BCUT2D eigenvalue weighted by Crippen LogP contribution is -2.64. The maximum absolute atomic E-state index is 14.4. The fourth-order valence-electron chi connectivity index (χ4n) is 7.40. The van der Waals surface area contributed by atoms with Crippen LogP contribution in [-0.2, 0) is 28.4 Å². The van der Waals surface area contributed by atoms with Gasteiger partial charge in [-0.1, -0.05) is 0 Å². The number of aliphatic hydroxyl groups excluding tert-OH is 12. The SMILES string of the molecule is C[C@H]1O[C@@H](OC[C@@H]2O[C@H](Oc3c(-c4ccc(O)c(O[C@H]5O[C@@H](CO)[C@H](O)[C@@H](O)[C@@H]5O)c4)oc4cc(O)cc(O)c4c3=O)[C@@H](O[C@H]3OC[C@H](O)[C@@H](O)[C@@H]3O)[C@H](O)[C@H]2O)[C@@H](O)[C@H](O)[C@@H]1O. The molecule has 350 valence electrons. The number of hydrogen-bond donors (Lipinski definition) is 15. The minimum Gasteiger partial charge on any atom is -0.508 e. The zero-order valence-corrected chi connectivity index (χ0v) is 32.8. The van der Waals surface area contributed by atoms with Gasteiger partial charge in [0.05, 0.1) is 25.9 Å². The lowest BCUT2D eigenvalue weighted by atomic mass is 9.98. The van der Waals surface area contributed by atoms with Gasteiger partial charge < -0.3 is 119 Å². The highest BCUT2D eigenvalue weighted by Crippen LogP contribution is 2.41. The van der Waals surface area contributed by atoms with Crippen LogP contribution in [0.4, 0.5) is 0 Å². The van der Waals surface area contributed by atoms with E-state index in [-0.39, 0.29) is 5.56 Å². The molecular weight excluding hydrogens is 856 g/mol. The Morgan fingerprint density at radius 2 is 1.30 bits per heavy atom. The van der Waals surface area contributed by atoms with Crippen molar-refractivity contribution in [1.29, 1.82) is 0 Å². The molecule has 4 aliphatic heterocycles. The number of fused-ring (bicyclic) bond motifs is 1. The number of rotatable bonds is 11.